The molecule has 0 fully saturated rings. The third-order valence-corrected chi connectivity index (χ3v) is 6.51. The van der Waals surface area contributed by atoms with Gasteiger partial charge in [-0.2, -0.15) is 5.10 Å². The summed E-state index contributed by atoms with van der Waals surface area (Å²) in [5, 5.41) is 4.01. The fourth-order valence-electron chi connectivity index (χ4n) is 1.83. The van der Waals surface area contributed by atoms with Crippen molar-refractivity contribution in [2.24, 2.45) is 5.10 Å². The zero-order valence-corrected chi connectivity index (χ0v) is 16.5. The Morgan fingerprint density at radius 2 is 1.67 bits per heavy atom. The van der Waals surface area contributed by atoms with Crippen molar-refractivity contribution in [2.45, 2.75) is 56.9 Å². The summed E-state index contributed by atoms with van der Waals surface area (Å²) in [6.45, 7) is 10.1. The van der Waals surface area contributed by atoms with E-state index in [1.165, 1.54) is 25.1 Å². The van der Waals surface area contributed by atoms with Gasteiger partial charge in [0.15, 0.2) is 9.84 Å². The van der Waals surface area contributed by atoms with Gasteiger partial charge in [0.05, 0.1) is 16.3 Å². The minimum Gasteiger partial charge on any atom is -0.279 e. The van der Waals surface area contributed by atoms with Crippen molar-refractivity contribution in [1.29, 1.82) is 0 Å². The molecule has 0 atom stereocenters. The second-order valence-corrected chi connectivity index (χ2v) is 10.5. The Bertz CT molecular complexity index is 832. The van der Waals surface area contributed by atoms with E-state index in [0.717, 1.165) is 5.71 Å². The molecule has 9 heteroatoms. The second kappa shape index (κ2) is 7.20. The molecule has 24 heavy (non-hydrogen) atoms. The lowest BCUT2D eigenvalue weighted by Gasteiger charge is -2.22. The van der Waals surface area contributed by atoms with E-state index in [1.807, 2.05) is 0 Å². The largest absolute Gasteiger partial charge is 0.279 e. The molecule has 0 heterocycles. The predicted octanol–water partition coefficient (Wildman–Crippen LogP) is 2.36. The molecule has 136 valence electrons. The number of anilines is 1. The van der Waals surface area contributed by atoms with Crippen LogP contribution in [0.25, 0.3) is 0 Å². The Morgan fingerprint density at radius 1 is 1.08 bits per heavy atom. The van der Waals surface area contributed by atoms with Crippen molar-refractivity contribution < 1.29 is 16.8 Å². The normalized spacial score (nSPS) is 12.8. The molecule has 0 saturated carbocycles. The van der Waals surface area contributed by atoms with Crippen molar-refractivity contribution in [3.63, 3.8) is 0 Å². The van der Waals surface area contributed by atoms with Crippen LogP contribution in [0.3, 0.4) is 0 Å². The van der Waals surface area contributed by atoms with E-state index in [1.54, 1.807) is 34.6 Å². The van der Waals surface area contributed by atoms with Crippen LogP contribution in [-0.4, -0.2) is 33.8 Å². The van der Waals surface area contributed by atoms with E-state index in [0.29, 0.717) is 5.69 Å². The molecule has 7 nitrogen and oxygen atoms in total. The third-order valence-electron chi connectivity index (χ3n) is 2.80. The van der Waals surface area contributed by atoms with E-state index in [2.05, 4.69) is 15.2 Å². The summed E-state index contributed by atoms with van der Waals surface area (Å²) in [5.41, 5.74) is 3.11. The topological polar surface area (TPSA) is 105 Å². The quantitative estimate of drug-likeness (QED) is 0.587. The van der Waals surface area contributed by atoms with Crippen LogP contribution >= 0.6 is 0 Å². The summed E-state index contributed by atoms with van der Waals surface area (Å²) in [6.07, 6.45) is 0. The van der Waals surface area contributed by atoms with Gasteiger partial charge in [0.2, 0.25) is 10.0 Å². The molecule has 0 aliphatic carbocycles. The highest BCUT2D eigenvalue weighted by atomic mass is 32.2. The molecule has 0 aliphatic rings. The number of sulfonamides is 1. The molecule has 0 bridgehead atoms. The van der Waals surface area contributed by atoms with Crippen LogP contribution in [0.2, 0.25) is 0 Å². The van der Waals surface area contributed by atoms with Gasteiger partial charge in [0.25, 0.3) is 0 Å². The molecule has 0 unspecified atom stereocenters. The molecule has 0 radical (unpaired) electrons. The number of hydrogen-bond acceptors (Lipinski definition) is 6. The molecule has 1 aromatic rings. The maximum atomic E-state index is 12.7. The highest BCUT2D eigenvalue weighted by Crippen LogP contribution is 2.27. The first-order chi connectivity index (χ1) is 10.8. The van der Waals surface area contributed by atoms with E-state index < -0.39 is 25.4 Å². The third kappa shape index (κ3) is 5.57. The Labute approximate surface area is 144 Å². The highest BCUT2D eigenvalue weighted by Gasteiger charge is 2.29. The van der Waals surface area contributed by atoms with Gasteiger partial charge in [0.1, 0.15) is 4.90 Å². The molecular weight excluding hydrogens is 350 g/mol. The number of hydrazone groups is 1. The number of rotatable bonds is 6. The van der Waals surface area contributed by atoms with Crippen LogP contribution in [0, 0.1) is 0 Å². The van der Waals surface area contributed by atoms with Crippen molar-refractivity contribution in [3.8, 4) is 0 Å². The number of sulfone groups is 1. The van der Waals surface area contributed by atoms with Gasteiger partial charge < -0.3 is 0 Å². The van der Waals surface area contributed by atoms with Gasteiger partial charge in [-0.15, -0.1) is 0 Å². The molecule has 0 spiro atoms. The number of nitrogens with one attached hydrogen (secondary N) is 2. The first kappa shape index (κ1) is 20.6. The van der Waals surface area contributed by atoms with Gasteiger partial charge in [-0.1, -0.05) is 6.92 Å². The van der Waals surface area contributed by atoms with Gasteiger partial charge in [0, 0.05) is 11.3 Å². The summed E-state index contributed by atoms with van der Waals surface area (Å²) >= 11 is 0. The van der Waals surface area contributed by atoms with Crippen LogP contribution in [0.1, 0.15) is 41.5 Å². The van der Waals surface area contributed by atoms with Gasteiger partial charge in [-0.3, -0.25) is 5.43 Å². The smallest absolute Gasteiger partial charge is 0.242 e. The highest BCUT2D eigenvalue weighted by molar-refractivity contribution is 7.93. The fraction of sp³-hybridized carbons (Fsp3) is 0.533. The van der Waals surface area contributed by atoms with E-state index >= 15 is 0 Å². The lowest BCUT2D eigenvalue weighted by atomic mass is 10.1. The zero-order chi connectivity index (χ0) is 18.8. The number of hydrogen-bond donors (Lipinski definition) is 2. The molecule has 0 aromatic heterocycles. The lowest BCUT2D eigenvalue weighted by molar-refractivity contribution is 0.490. The first-order valence-electron chi connectivity index (χ1n) is 7.46. The fourth-order valence-corrected chi connectivity index (χ4v) is 5.03. The average Bonchev–Trinajstić information content (AvgIpc) is 2.42. The standard InChI is InChI=1S/C15H25N3O4S2/c1-7-23(19,20)13-9-8-12(17-16-11(2)3)10-14(13)24(21,22)18-15(4,5)6/h8-10,17-18H,7H2,1-6H3. The molecule has 1 rings (SSSR count). The van der Waals surface area contributed by atoms with E-state index in [4.69, 9.17) is 0 Å². The van der Waals surface area contributed by atoms with E-state index in [9.17, 15) is 16.8 Å². The average molecular weight is 376 g/mol. The van der Waals surface area contributed by atoms with Crippen molar-refractivity contribution in [3.05, 3.63) is 18.2 Å². The summed E-state index contributed by atoms with van der Waals surface area (Å²) in [4.78, 5) is -0.502. The predicted molar refractivity (Wildman–Crippen MR) is 96.6 cm³/mol. The van der Waals surface area contributed by atoms with Gasteiger partial charge >= 0.3 is 0 Å². The summed E-state index contributed by atoms with van der Waals surface area (Å²) in [7, 11) is -7.72. The Kier molecular flexibility index (Phi) is 6.18. The van der Waals surface area contributed by atoms with Crippen molar-refractivity contribution >= 4 is 31.3 Å². The molecule has 1 aromatic carbocycles. The van der Waals surface area contributed by atoms with Crippen LogP contribution in [0.4, 0.5) is 5.69 Å². The number of nitrogens with zero attached hydrogens (tertiary/aromatic N) is 1. The monoisotopic (exact) mass is 375 g/mol. The molecular formula is C15H25N3O4S2. The molecule has 0 amide bonds. The van der Waals surface area contributed by atoms with Crippen LogP contribution in [-0.2, 0) is 19.9 Å². The van der Waals surface area contributed by atoms with Gasteiger partial charge in [-0.05, 0) is 52.8 Å². The van der Waals surface area contributed by atoms with Crippen LogP contribution in [0.5, 0.6) is 0 Å². The minimum absolute atomic E-state index is 0.190. The molecule has 2 N–H and O–H groups in total. The maximum absolute atomic E-state index is 12.7. The second-order valence-electron chi connectivity index (χ2n) is 6.59. The van der Waals surface area contributed by atoms with E-state index in [-0.39, 0.29) is 15.5 Å². The molecule has 0 aliphatic heterocycles. The minimum atomic E-state index is -4.02. The Hall–Kier alpha value is -1.45. The van der Waals surface area contributed by atoms with Gasteiger partial charge in [-0.25, -0.2) is 21.6 Å². The Balaban J connectivity index is 3.57. The van der Waals surface area contributed by atoms with Crippen molar-refractivity contribution in [2.75, 3.05) is 11.2 Å². The zero-order valence-electron chi connectivity index (χ0n) is 14.8. The Morgan fingerprint density at radius 3 is 2.12 bits per heavy atom. The maximum Gasteiger partial charge on any atom is 0.242 e. The SMILES string of the molecule is CCS(=O)(=O)c1ccc(NN=C(C)C)cc1S(=O)(=O)NC(C)(C)C. The van der Waals surface area contributed by atoms with Crippen molar-refractivity contribution in [1.82, 2.24) is 4.72 Å². The lowest BCUT2D eigenvalue weighted by Crippen LogP contribution is -2.41. The first-order valence-corrected chi connectivity index (χ1v) is 10.6. The number of benzene rings is 1. The molecule has 0 saturated heterocycles. The van der Waals surface area contributed by atoms with Crippen LogP contribution in [0.15, 0.2) is 33.1 Å². The summed E-state index contributed by atoms with van der Waals surface area (Å²) < 4.78 is 52.4. The summed E-state index contributed by atoms with van der Waals surface area (Å²) in [5.74, 6) is -0.190. The summed E-state index contributed by atoms with van der Waals surface area (Å²) in [6, 6.07) is 4.06. The van der Waals surface area contributed by atoms with Crippen LogP contribution < -0.4 is 10.1 Å².